The van der Waals surface area contributed by atoms with Crippen LogP contribution in [0.15, 0.2) is 0 Å². The normalized spacial score (nSPS) is 13.4. The summed E-state index contributed by atoms with van der Waals surface area (Å²) < 4.78 is 5.18. The van der Waals surface area contributed by atoms with E-state index in [1.807, 2.05) is 13.8 Å². The average molecular weight is 429 g/mol. The van der Waals surface area contributed by atoms with E-state index in [-0.39, 0.29) is 18.9 Å². The summed E-state index contributed by atoms with van der Waals surface area (Å²) in [7, 11) is 0. The molecule has 0 fully saturated rings. The van der Waals surface area contributed by atoms with Gasteiger partial charge in [-0.3, -0.25) is 19.2 Å². The van der Waals surface area contributed by atoms with Gasteiger partial charge in [-0.1, -0.05) is 13.8 Å². The van der Waals surface area contributed by atoms with Gasteiger partial charge in [0, 0.05) is 6.54 Å². The van der Waals surface area contributed by atoms with Crippen LogP contribution < -0.4 is 21.7 Å². The quantitative estimate of drug-likeness (QED) is 0.383. The second-order valence-corrected chi connectivity index (χ2v) is 10.0. The van der Waals surface area contributed by atoms with Crippen molar-refractivity contribution in [3.05, 3.63) is 0 Å². The van der Waals surface area contributed by atoms with E-state index in [2.05, 4.69) is 16.0 Å². The summed E-state index contributed by atoms with van der Waals surface area (Å²) in [5.74, 6) is -1.60. The third-order valence-corrected chi connectivity index (χ3v) is 4.09. The smallest absolute Gasteiger partial charge is 0.308 e. The second kappa shape index (κ2) is 10.7. The predicted molar refractivity (Wildman–Crippen MR) is 115 cm³/mol. The summed E-state index contributed by atoms with van der Waals surface area (Å²) in [4.78, 5) is 49.1. The van der Waals surface area contributed by atoms with Gasteiger partial charge in [-0.15, -0.1) is 0 Å². The van der Waals surface area contributed by atoms with E-state index in [1.54, 1.807) is 34.6 Å². The molecule has 1 atom stereocenters. The number of rotatable bonds is 10. The van der Waals surface area contributed by atoms with Gasteiger partial charge < -0.3 is 26.4 Å². The molecule has 0 heterocycles. The molecular weight excluding hydrogens is 388 g/mol. The topological polar surface area (TPSA) is 140 Å². The lowest BCUT2D eigenvalue weighted by atomic mass is 9.97. The number of esters is 1. The van der Waals surface area contributed by atoms with Gasteiger partial charge in [-0.05, 0) is 60.8 Å². The van der Waals surface area contributed by atoms with E-state index in [0.717, 1.165) is 0 Å². The number of hydrogen-bond acceptors (Lipinski definition) is 6. The van der Waals surface area contributed by atoms with Crippen molar-refractivity contribution in [2.24, 2.45) is 11.7 Å². The lowest BCUT2D eigenvalue weighted by Gasteiger charge is -2.32. The van der Waals surface area contributed by atoms with Crippen molar-refractivity contribution in [3.63, 3.8) is 0 Å². The first-order valence-electron chi connectivity index (χ1n) is 10.3. The molecule has 3 amide bonds. The van der Waals surface area contributed by atoms with E-state index in [4.69, 9.17) is 10.5 Å². The van der Waals surface area contributed by atoms with Gasteiger partial charge in [-0.25, -0.2) is 0 Å². The number of carbonyl (C=O) groups excluding carboxylic acids is 4. The molecule has 0 aliphatic rings. The summed E-state index contributed by atoms with van der Waals surface area (Å²) in [6.45, 7) is 15.4. The second-order valence-electron chi connectivity index (χ2n) is 10.0. The van der Waals surface area contributed by atoms with Crippen molar-refractivity contribution in [3.8, 4) is 0 Å². The molecule has 0 unspecified atom stereocenters. The largest absolute Gasteiger partial charge is 0.460 e. The van der Waals surface area contributed by atoms with Gasteiger partial charge in [0.1, 0.15) is 16.7 Å². The van der Waals surface area contributed by atoms with Crippen molar-refractivity contribution >= 4 is 23.7 Å². The minimum Gasteiger partial charge on any atom is -0.460 e. The van der Waals surface area contributed by atoms with Crippen molar-refractivity contribution in [1.82, 2.24) is 16.0 Å². The van der Waals surface area contributed by atoms with Crippen LogP contribution in [0.1, 0.15) is 75.2 Å². The fourth-order valence-electron chi connectivity index (χ4n) is 2.46. The fraction of sp³-hybridized carbons (Fsp3) is 0.810. The lowest BCUT2D eigenvalue weighted by molar-refractivity contribution is -0.154. The summed E-state index contributed by atoms with van der Waals surface area (Å²) >= 11 is 0. The van der Waals surface area contributed by atoms with Gasteiger partial charge in [0.25, 0.3) is 0 Å². The number of nitrogens with one attached hydrogen (secondary N) is 3. The highest BCUT2D eigenvalue weighted by Gasteiger charge is 2.37. The maximum Gasteiger partial charge on any atom is 0.308 e. The maximum absolute atomic E-state index is 12.7. The Hall–Kier alpha value is -2.16. The first-order valence-corrected chi connectivity index (χ1v) is 10.3. The molecular formula is C21H40N4O5. The molecule has 0 aromatic rings. The lowest BCUT2D eigenvalue weighted by Crippen LogP contribution is -2.64. The minimum atomic E-state index is -1.26. The summed E-state index contributed by atoms with van der Waals surface area (Å²) in [6.07, 6.45) is 0.511. The third-order valence-electron chi connectivity index (χ3n) is 4.09. The van der Waals surface area contributed by atoms with Gasteiger partial charge >= 0.3 is 5.97 Å². The van der Waals surface area contributed by atoms with Gasteiger partial charge in [0.2, 0.25) is 17.7 Å². The number of ether oxygens (including phenoxy) is 1. The van der Waals surface area contributed by atoms with Crippen molar-refractivity contribution in [1.29, 1.82) is 0 Å². The van der Waals surface area contributed by atoms with Crippen molar-refractivity contribution in [2.75, 3.05) is 6.54 Å². The molecule has 0 aliphatic heterocycles. The standard InChI is InChI=1S/C21H40N4O5/c1-13(2)12-14(22)16(27)24-21(8,9)18(29)25-20(6,7)17(28)23-11-10-15(26)30-19(3,4)5/h13-14H,10-12,22H2,1-9H3,(H,23,28)(H,24,27)(H,25,29)/t14-/m0/s1. The average Bonchev–Trinajstić information content (AvgIpc) is 2.51. The van der Waals surface area contributed by atoms with Crippen molar-refractivity contribution in [2.45, 2.75) is 97.9 Å². The van der Waals surface area contributed by atoms with Crippen LogP contribution in [-0.4, -0.2) is 53.0 Å². The van der Waals surface area contributed by atoms with E-state index >= 15 is 0 Å². The van der Waals surface area contributed by atoms with Crippen LogP contribution in [0.4, 0.5) is 0 Å². The monoisotopic (exact) mass is 428 g/mol. The number of nitrogens with two attached hydrogens (primary N) is 1. The molecule has 0 bridgehead atoms. The van der Waals surface area contributed by atoms with E-state index < -0.39 is 46.4 Å². The number of carbonyl (C=O) groups is 4. The Morgan fingerprint density at radius 1 is 0.867 bits per heavy atom. The zero-order valence-corrected chi connectivity index (χ0v) is 19.9. The molecule has 0 aromatic carbocycles. The van der Waals surface area contributed by atoms with Crippen LogP contribution in [0.2, 0.25) is 0 Å². The SMILES string of the molecule is CC(C)C[C@H](N)C(=O)NC(C)(C)C(=O)NC(C)(C)C(=O)NCCC(=O)OC(C)(C)C. The number of hydrogen-bond donors (Lipinski definition) is 4. The summed E-state index contributed by atoms with van der Waals surface area (Å²) in [6, 6.07) is -0.721. The zero-order valence-electron chi connectivity index (χ0n) is 19.9. The summed E-state index contributed by atoms with van der Waals surface area (Å²) in [5.41, 5.74) is 2.76. The molecule has 9 heteroatoms. The molecule has 0 saturated carbocycles. The molecule has 9 nitrogen and oxygen atoms in total. The highest BCUT2D eigenvalue weighted by atomic mass is 16.6. The van der Waals surface area contributed by atoms with E-state index in [9.17, 15) is 19.2 Å². The van der Waals surface area contributed by atoms with E-state index in [0.29, 0.717) is 6.42 Å². The Kier molecular flexibility index (Phi) is 9.97. The summed E-state index contributed by atoms with van der Waals surface area (Å²) in [5, 5.41) is 7.88. The molecule has 0 saturated heterocycles. The molecule has 0 radical (unpaired) electrons. The van der Waals surface area contributed by atoms with E-state index in [1.165, 1.54) is 13.8 Å². The zero-order chi connectivity index (χ0) is 23.9. The van der Waals surface area contributed by atoms with Gasteiger partial charge in [-0.2, -0.15) is 0 Å². The van der Waals surface area contributed by atoms with Crippen molar-refractivity contribution < 1.29 is 23.9 Å². The molecule has 5 N–H and O–H groups in total. The van der Waals surface area contributed by atoms with Crippen LogP contribution in [0.25, 0.3) is 0 Å². The van der Waals surface area contributed by atoms with Crippen LogP contribution in [0, 0.1) is 5.92 Å². The van der Waals surface area contributed by atoms with Crippen LogP contribution >= 0.6 is 0 Å². The Bertz CT molecular complexity index is 636. The maximum atomic E-state index is 12.7. The van der Waals surface area contributed by atoms with Crippen LogP contribution in [0.5, 0.6) is 0 Å². The first kappa shape index (κ1) is 27.8. The Morgan fingerprint density at radius 2 is 1.37 bits per heavy atom. The molecule has 0 aliphatic carbocycles. The van der Waals surface area contributed by atoms with Gasteiger partial charge in [0.05, 0.1) is 12.5 Å². The highest BCUT2D eigenvalue weighted by molar-refractivity contribution is 5.96. The Morgan fingerprint density at radius 3 is 1.83 bits per heavy atom. The highest BCUT2D eigenvalue weighted by Crippen LogP contribution is 2.11. The molecule has 0 rings (SSSR count). The molecule has 0 spiro atoms. The molecule has 0 aromatic heterocycles. The third kappa shape index (κ3) is 10.6. The predicted octanol–water partition coefficient (Wildman–Crippen LogP) is 0.997. The van der Waals surface area contributed by atoms with Crippen LogP contribution in [0.3, 0.4) is 0 Å². The molecule has 174 valence electrons. The minimum absolute atomic E-state index is 0.0162. The Labute approximate surface area is 180 Å². The first-order chi connectivity index (χ1) is 13.4. The molecule has 30 heavy (non-hydrogen) atoms. The fourth-order valence-corrected chi connectivity index (χ4v) is 2.46. The van der Waals surface area contributed by atoms with Crippen LogP contribution in [-0.2, 0) is 23.9 Å². The number of amides is 3. The Balaban J connectivity index is 4.76. The van der Waals surface area contributed by atoms with Gasteiger partial charge in [0.15, 0.2) is 0 Å².